The van der Waals surface area contributed by atoms with E-state index in [0.717, 1.165) is 31.2 Å². The molecule has 0 aromatic heterocycles. The van der Waals surface area contributed by atoms with Crippen molar-refractivity contribution in [3.8, 4) is 0 Å². The summed E-state index contributed by atoms with van der Waals surface area (Å²) < 4.78 is 0. The number of carbonyl (C=O) groups excluding carboxylic acids is 1. The molecule has 1 aromatic carbocycles. The Bertz CT molecular complexity index is 437. The Balaban J connectivity index is 1.72. The smallest absolute Gasteiger partial charge is 0.223 e. The van der Waals surface area contributed by atoms with E-state index in [1.54, 1.807) is 0 Å². The third-order valence-corrected chi connectivity index (χ3v) is 4.01. The standard InChI is InChI=1S/C15H19NO2/c17-14(11-6-7-11)16-10-15(18,13-8-9-13)12-4-2-1-3-5-12/h1-5,11,13,18H,6-10H2,(H,16,17). The highest BCUT2D eigenvalue weighted by Crippen LogP contribution is 2.45. The van der Waals surface area contributed by atoms with Crippen molar-refractivity contribution in [2.75, 3.05) is 6.54 Å². The van der Waals surface area contributed by atoms with E-state index in [1.807, 2.05) is 30.3 Å². The summed E-state index contributed by atoms with van der Waals surface area (Å²) in [6.45, 7) is 0.344. The first kappa shape index (κ1) is 11.7. The Kier molecular flexibility index (Phi) is 2.86. The summed E-state index contributed by atoms with van der Waals surface area (Å²) in [7, 11) is 0. The summed E-state index contributed by atoms with van der Waals surface area (Å²) in [5.41, 5.74) is 0.0369. The summed E-state index contributed by atoms with van der Waals surface area (Å²) >= 11 is 0. The highest BCUT2D eigenvalue weighted by Gasteiger charge is 2.45. The molecule has 2 saturated carbocycles. The van der Waals surface area contributed by atoms with Gasteiger partial charge < -0.3 is 10.4 Å². The summed E-state index contributed by atoms with van der Waals surface area (Å²) in [5, 5.41) is 13.8. The van der Waals surface area contributed by atoms with Gasteiger partial charge in [-0.2, -0.15) is 0 Å². The predicted molar refractivity (Wildman–Crippen MR) is 68.8 cm³/mol. The molecule has 2 aliphatic carbocycles. The summed E-state index contributed by atoms with van der Waals surface area (Å²) in [6, 6.07) is 9.71. The van der Waals surface area contributed by atoms with Crippen molar-refractivity contribution < 1.29 is 9.90 Å². The quantitative estimate of drug-likeness (QED) is 0.831. The van der Waals surface area contributed by atoms with E-state index in [1.165, 1.54) is 0 Å². The van der Waals surface area contributed by atoms with Crippen molar-refractivity contribution in [2.45, 2.75) is 31.3 Å². The second-order valence-corrected chi connectivity index (χ2v) is 5.56. The molecule has 0 spiro atoms. The van der Waals surface area contributed by atoms with Crippen LogP contribution in [0.3, 0.4) is 0 Å². The first-order valence-corrected chi connectivity index (χ1v) is 6.76. The van der Waals surface area contributed by atoms with Crippen LogP contribution in [0.4, 0.5) is 0 Å². The maximum absolute atomic E-state index is 11.7. The molecule has 2 aliphatic rings. The number of benzene rings is 1. The lowest BCUT2D eigenvalue weighted by Crippen LogP contribution is -2.43. The molecule has 1 atom stereocenters. The normalized spacial score (nSPS) is 22.3. The Morgan fingerprint density at radius 2 is 1.89 bits per heavy atom. The van der Waals surface area contributed by atoms with Gasteiger partial charge in [0, 0.05) is 5.92 Å². The number of hydrogen-bond donors (Lipinski definition) is 2. The Labute approximate surface area is 107 Å². The maximum Gasteiger partial charge on any atom is 0.223 e. The zero-order chi connectivity index (χ0) is 12.6. The van der Waals surface area contributed by atoms with E-state index in [9.17, 15) is 9.90 Å². The first-order valence-electron chi connectivity index (χ1n) is 6.76. The largest absolute Gasteiger partial charge is 0.383 e. The van der Waals surface area contributed by atoms with Gasteiger partial charge in [0.05, 0.1) is 6.54 Å². The molecule has 1 unspecified atom stereocenters. The molecule has 0 saturated heterocycles. The number of nitrogens with one attached hydrogen (secondary N) is 1. The van der Waals surface area contributed by atoms with E-state index in [0.29, 0.717) is 12.5 Å². The zero-order valence-electron chi connectivity index (χ0n) is 10.4. The maximum atomic E-state index is 11.7. The second-order valence-electron chi connectivity index (χ2n) is 5.56. The monoisotopic (exact) mass is 245 g/mol. The van der Waals surface area contributed by atoms with Crippen LogP contribution in [0.25, 0.3) is 0 Å². The van der Waals surface area contributed by atoms with Gasteiger partial charge in [-0.3, -0.25) is 4.79 Å². The molecule has 3 nitrogen and oxygen atoms in total. The molecule has 0 aliphatic heterocycles. The number of rotatable bonds is 5. The van der Waals surface area contributed by atoms with Gasteiger partial charge in [-0.05, 0) is 37.2 Å². The second kappa shape index (κ2) is 4.39. The van der Waals surface area contributed by atoms with Crippen molar-refractivity contribution >= 4 is 5.91 Å². The molecule has 3 rings (SSSR count). The minimum atomic E-state index is -0.883. The molecule has 1 amide bonds. The SMILES string of the molecule is O=C(NCC(O)(c1ccccc1)C1CC1)C1CC1. The van der Waals surface area contributed by atoms with Crippen LogP contribution >= 0.6 is 0 Å². The van der Waals surface area contributed by atoms with Crippen molar-refractivity contribution in [3.63, 3.8) is 0 Å². The molecule has 2 N–H and O–H groups in total. The topological polar surface area (TPSA) is 49.3 Å². The third-order valence-electron chi connectivity index (χ3n) is 4.01. The number of hydrogen-bond acceptors (Lipinski definition) is 2. The van der Waals surface area contributed by atoms with Gasteiger partial charge >= 0.3 is 0 Å². The van der Waals surface area contributed by atoms with E-state index in [4.69, 9.17) is 0 Å². The highest BCUT2D eigenvalue weighted by molar-refractivity contribution is 5.80. The lowest BCUT2D eigenvalue weighted by Gasteiger charge is -2.29. The van der Waals surface area contributed by atoms with Crippen LogP contribution in [0.2, 0.25) is 0 Å². The molecule has 0 bridgehead atoms. The number of carbonyl (C=O) groups is 1. The molecule has 0 radical (unpaired) electrons. The van der Waals surface area contributed by atoms with Gasteiger partial charge in [0.25, 0.3) is 0 Å². The molecular weight excluding hydrogens is 226 g/mol. The molecular formula is C15H19NO2. The van der Waals surface area contributed by atoms with Crippen LogP contribution in [0, 0.1) is 11.8 Å². The predicted octanol–water partition coefficient (Wildman–Crippen LogP) is 1.81. The van der Waals surface area contributed by atoms with Crippen LogP contribution in [0.5, 0.6) is 0 Å². The Morgan fingerprint density at radius 1 is 1.22 bits per heavy atom. The average Bonchev–Trinajstić information content (AvgIpc) is 3.28. The molecule has 3 heteroatoms. The molecule has 1 aromatic rings. The van der Waals surface area contributed by atoms with Crippen molar-refractivity contribution in [1.29, 1.82) is 0 Å². The fraction of sp³-hybridized carbons (Fsp3) is 0.533. The highest BCUT2D eigenvalue weighted by atomic mass is 16.3. The molecule has 2 fully saturated rings. The summed E-state index contributed by atoms with van der Waals surface area (Å²) in [5.74, 6) is 0.591. The van der Waals surface area contributed by atoms with Crippen LogP contribution < -0.4 is 5.32 Å². The van der Waals surface area contributed by atoms with E-state index in [2.05, 4.69) is 5.32 Å². The average molecular weight is 245 g/mol. The van der Waals surface area contributed by atoms with Gasteiger partial charge in [0.1, 0.15) is 5.60 Å². The third kappa shape index (κ3) is 2.27. The number of aliphatic hydroxyl groups is 1. The van der Waals surface area contributed by atoms with Crippen molar-refractivity contribution in [3.05, 3.63) is 35.9 Å². The zero-order valence-corrected chi connectivity index (χ0v) is 10.4. The molecule has 96 valence electrons. The van der Waals surface area contributed by atoms with Gasteiger partial charge in [0.15, 0.2) is 0 Å². The summed E-state index contributed by atoms with van der Waals surface area (Å²) in [6.07, 6.45) is 4.09. The minimum absolute atomic E-state index is 0.102. The van der Waals surface area contributed by atoms with E-state index in [-0.39, 0.29) is 11.8 Å². The fourth-order valence-electron chi connectivity index (χ4n) is 2.48. The lowest BCUT2D eigenvalue weighted by atomic mass is 9.88. The number of amides is 1. The van der Waals surface area contributed by atoms with Gasteiger partial charge in [0.2, 0.25) is 5.91 Å². The molecule has 0 heterocycles. The Morgan fingerprint density at radius 3 is 2.44 bits per heavy atom. The van der Waals surface area contributed by atoms with E-state index < -0.39 is 5.60 Å². The fourth-order valence-corrected chi connectivity index (χ4v) is 2.48. The van der Waals surface area contributed by atoms with E-state index >= 15 is 0 Å². The van der Waals surface area contributed by atoms with Crippen molar-refractivity contribution in [1.82, 2.24) is 5.32 Å². The van der Waals surface area contributed by atoms with Crippen molar-refractivity contribution in [2.24, 2.45) is 11.8 Å². The molecule has 18 heavy (non-hydrogen) atoms. The van der Waals surface area contributed by atoms with Gasteiger partial charge in [-0.15, -0.1) is 0 Å². The van der Waals surface area contributed by atoms with Crippen LogP contribution in [-0.2, 0) is 10.4 Å². The lowest BCUT2D eigenvalue weighted by molar-refractivity contribution is -0.123. The van der Waals surface area contributed by atoms with Crippen LogP contribution in [0.1, 0.15) is 31.2 Å². The summed E-state index contributed by atoms with van der Waals surface area (Å²) in [4.78, 5) is 11.7. The minimum Gasteiger partial charge on any atom is -0.383 e. The Hall–Kier alpha value is -1.35. The van der Waals surface area contributed by atoms with Gasteiger partial charge in [-0.1, -0.05) is 30.3 Å². The first-order chi connectivity index (χ1) is 8.70. The van der Waals surface area contributed by atoms with Crippen LogP contribution in [-0.4, -0.2) is 17.6 Å². The van der Waals surface area contributed by atoms with Crippen LogP contribution in [0.15, 0.2) is 30.3 Å². The van der Waals surface area contributed by atoms with Gasteiger partial charge in [-0.25, -0.2) is 0 Å².